The van der Waals surface area contributed by atoms with Gasteiger partial charge >= 0.3 is 13.6 Å². The first-order valence-corrected chi connectivity index (χ1v) is 6.20. The van der Waals surface area contributed by atoms with Crippen LogP contribution in [-0.4, -0.2) is 26.3 Å². The van der Waals surface area contributed by atoms with E-state index in [0.717, 1.165) is 6.08 Å². The van der Waals surface area contributed by atoms with Gasteiger partial charge in [0.05, 0.1) is 20.3 Å². The predicted molar refractivity (Wildman–Crippen MR) is 56.6 cm³/mol. The minimum absolute atomic E-state index is 0.248. The van der Waals surface area contributed by atoms with E-state index in [1.54, 1.807) is 13.8 Å². The summed E-state index contributed by atoms with van der Waals surface area (Å²) in [5, 5.41) is 0.248. The van der Waals surface area contributed by atoms with Crippen molar-refractivity contribution in [3.63, 3.8) is 0 Å². The zero-order valence-electron chi connectivity index (χ0n) is 9.48. The third-order valence-electron chi connectivity index (χ3n) is 1.56. The Balaban J connectivity index is 4.83. The minimum Gasteiger partial charge on any atom is -0.466 e. The molecule has 0 aliphatic rings. The fourth-order valence-electron chi connectivity index (χ4n) is 0.889. The fraction of sp³-hybridized carbons (Fsp3) is 0.667. The highest BCUT2D eigenvalue weighted by Crippen LogP contribution is 2.55. The maximum Gasteiger partial charge on any atom is 0.357 e. The van der Waals surface area contributed by atoms with Gasteiger partial charge in [0.25, 0.3) is 0 Å². The summed E-state index contributed by atoms with van der Waals surface area (Å²) in [6, 6.07) is 0. The Morgan fingerprint density at radius 1 is 1.27 bits per heavy atom. The average molecular weight is 236 g/mol. The molecule has 0 bridgehead atoms. The monoisotopic (exact) mass is 236 g/mol. The van der Waals surface area contributed by atoms with Crippen molar-refractivity contribution in [2.45, 2.75) is 20.8 Å². The van der Waals surface area contributed by atoms with Crippen molar-refractivity contribution in [2.75, 3.05) is 20.3 Å². The van der Waals surface area contributed by atoms with Gasteiger partial charge in [-0.1, -0.05) is 0 Å². The molecule has 0 aromatic carbocycles. The topological polar surface area (TPSA) is 61.8 Å². The second kappa shape index (κ2) is 6.77. The number of carbonyl (C=O) groups excluding carboxylic acids is 1. The molecule has 0 unspecified atom stereocenters. The van der Waals surface area contributed by atoms with Crippen LogP contribution in [0.1, 0.15) is 20.8 Å². The van der Waals surface area contributed by atoms with Crippen LogP contribution in [0.25, 0.3) is 0 Å². The van der Waals surface area contributed by atoms with Crippen LogP contribution in [0.4, 0.5) is 0 Å². The largest absolute Gasteiger partial charge is 0.466 e. The molecule has 0 aliphatic heterocycles. The highest BCUT2D eigenvalue weighted by atomic mass is 31.2. The van der Waals surface area contributed by atoms with Crippen LogP contribution >= 0.6 is 7.60 Å². The zero-order chi connectivity index (χ0) is 11.9. The van der Waals surface area contributed by atoms with Crippen molar-refractivity contribution < 1.29 is 23.1 Å². The van der Waals surface area contributed by atoms with E-state index in [-0.39, 0.29) is 18.5 Å². The molecule has 0 rings (SSSR count). The Morgan fingerprint density at radius 2 is 1.73 bits per heavy atom. The maximum absolute atomic E-state index is 12.0. The molecule has 0 spiro atoms. The lowest BCUT2D eigenvalue weighted by molar-refractivity contribution is -0.134. The lowest BCUT2D eigenvalue weighted by atomic mass is 10.5. The molecule has 5 nitrogen and oxygen atoms in total. The summed E-state index contributed by atoms with van der Waals surface area (Å²) >= 11 is 0. The Labute approximate surface area is 89.9 Å². The summed E-state index contributed by atoms with van der Waals surface area (Å²) < 4.78 is 26.5. The van der Waals surface area contributed by atoms with Gasteiger partial charge in [0.1, 0.15) is 0 Å². The molecule has 0 atom stereocenters. The number of carbonyl (C=O) groups is 1. The molecular formula is C9H17O5P. The second-order valence-electron chi connectivity index (χ2n) is 2.64. The smallest absolute Gasteiger partial charge is 0.357 e. The van der Waals surface area contributed by atoms with Gasteiger partial charge in [-0.3, -0.25) is 4.57 Å². The molecule has 0 N–H and O–H groups in total. The lowest BCUT2D eigenvalue weighted by Gasteiger charge is -2.16. The molecule has 0 aromatic rings. The van der Waals surface area contributed by atoms with Crippen LogP contribution in [0.5, 0.6) is 0 Å². The molecular weight excluding hydrogens is 219 g/mol. The Kier molecular flexibility index (Phi) is 6.48. The third kappa shape index (κ3) is 4.60. The summed E-state index contributed by atoms with van der Waals surface area (Å²) in [7, 11) is -2.07. The summed E-state index contributed by atoms with van der Waals surface area (Å²) in [5.41, 5.74) is 0. The number of methoxy groups -OCH3 is 1. The number of hydrogen-bond donors (Lipinski definition) is 0. The first-order valence-electron chi connectivity index (χ1n) is 4.66. The Bertz CT molecular complexity index is 274. The van der Waals surface area contributed by atoms with Gasteiger partial charge in [-0.25, -0.2) is 4.79 Å². The summed E-state index contributed by atoms with van der Waals surface area (Å²) in [4.78, 5) is 10.9. The molecule has 0 aromatic heterocycles. The second-order valence-corrected chi connectivity index (χ2v) is 4.86. The molecule has 0 saturated heterocycles. The van der Waals surface area contributed by atoms with E-state index >= 15 is 0 Å². The average Bonchev–Trinajstić information content (AvgIpc) is 2.18. The Hall–Kier alpha value is -0.640. The van der Waals surface area contributed by atoms with E-state index in [2.05, 4.69) is 4.74 Å². The number of rotatable bonds is 6. The predicted octanol–water partition coefficient (Wildman–Crippen LogP) is 2.33. The Morgan fingerprint density at radius 3 is 2.07 bits per heavy atom. The molecule has 15 heavy (non-hydrogen) atoms. The maximum atomic E-state index is 12.0. The van der Waals surface area contributed by atoms with Crippen LogP contribution in [0.15, 0.2) is 11.4 Å². The fourth-order valence-corrected chi connectivity index (χ4v) is 2.31. The molecule has 0 saturated carbocycles. The van der Waals surface area contributed by atoms with Gasteiger partial charge in [-0.2, -0.15) is 0 Å². The van der Waals surface area contributed by atoms with Crippen LogP contribution in [0, 0.1) is 0 Å². The number of allylic oxidation sites excluding steroid dienone is 1. The van der Waals surface area contributed by atoms with Crippen LogP contribution in [0.2, 0.25) is 0 Å². The van der Waals surface area contributed by atoms with Crippen molar-refractivity contribution in [1.29, 1.82) is 0 Å². The highest BCUT2D eigenvalue weighted by Gasteiger charge is 2.26. The summed E-state index contributed by atoms with van der Waals surface area (Å²) in [5.74, 6) is -0.577. The quantitative estimate of drug-likeness (QED) is 0.402. The van der Waals surface area contributed by atoms with E-state index in [1.807, 2.05) is 0 Å². The SMILES string of the molecule is CCOP(=O)(OCC)/C(C)=C/C(=O)OC. The number of esters is 1. The number of hydrogen-bond acceptors (Lipinski definition) is 5. The lowest BCUT2D eigenvalue weighted by Crippen LogP contribution is -2.01. The van der Waals surface area contributed by atoms with Crippen molar-refractivity contribution in [3.05, 3.63) is 11.4 Å². The normalized spacial score (nSPS) is 12.7. The van der Waals surface area contributed by atoms with E-state index in [0.29, 0.717) is 0 Å². The van der Waals surface area contributed by atoms with Crippen molar-refractivity contribution in [2.24, 2.45) is 0 Å². The molecule has 6 heteroatoms. The number of ether oxygens (including phenoxy) is 1. The zero-order valence-corrected chi connectivity index (χ0v) is 10.4. The van der Waals surface area contributed by atoms with Crippen LogP contribution in [-0.2, 0) is 23.1 Å². The first-order chi connectivity index (χ1) is 7.00. The van der Waals surface area contributed by atoms with Crippen molar-refractivity contribution in [1.82, 2.24) is 0 Å². The molecule has 0 amide bonds. The van der Waals surface area contributed by atoms with E-state index in [9.17, 15) is 9.36 Å². The van der Waals surface area contributed by atoms with Crippen molar-refractivity contribution in [3.8, 4) is 0 Å². The highest BCUT2D eigenvalue weighted by molar-refractivity contribution is 7.58. The molecule has 0 aliphatic carbocycles. The molecule has 0 fully saturated rings. The molecule has 0 radical (unpaired) electrons. The molecule has 0 heterocycles. The van der Waals surface area contributed by atoms with E-state index in [1.165, 1.54) is 14.0 Å². The van der Waals surface area contributed by atoms with Gasteiger partial charge < -0.3 is 13.8 Å². The molecule has 88 valence electrons. The standard InChI is InChI=1S/C9H17O5P/c1-5-13-15(11,14-6-2)8(3)7-9(10)12-4/h7H,5-6H2,1-4H3/b8-7+. The van der Waals surface area contributed by atoms with Gasteiger partial charge in [0.2, 0.25) is 0 Å². The summed E-state index contributed by atoms with van der Waals surface area (Å²) in [6.07, 6.45) is 1.12. The minimum atomic E-state index is -3.32. The van der Waals surface area contributed by atoms with E-state index in [4.69, 9.17) is 9.05 Å². The van der Waals surface area contributed by atoms with Gasteiger partial charge in [0, 0.05) is 11.4 Å². The van der Waals surface area contributed by atoms with Crippen LogP contribution in [0.3, 0.4) is 0 Å². The van der Waals surface area contributed by atoms with Gasteiger partial charge in [-0.05, 0) is 20.8 Å². The van der Waals surface area contributed by atoms with Crippen LogP contribution < -0.4 is 0 Å². The summed E-state index contributed by atoms with van der Waals surface area (Å²) in [6.45, 7) is 5.43. The van der Waals surface area contributed by atoms with Crippen molar-refractivity contribution >= 4 is 13.6 Å². The van der Waals surface area contributed by atoms with Gasteiger partial charge in [0.15, 0.2) is 0 Å². The first kappa shape index (κ1) is 14.4. The van der Waals surface area contributed by atoms with E-state index < -0.39 is 13.6 Å². The third-order valence-corrected chi connectivity index (χ3v) is 3.75. The van der Waals surface area contributed by atoms with Gasteiger partial charge in [-0.15, -0.1) is 0 Å².